The number of nitrogens with zero attached hydrogens (tertiary/aromatic N) is 2. The lowest BCUT2D eigenvalue weighted by Crippen LogP contribution is -2.05. The number of carbonyl (C=O) groups excluding carboxylic acids is 1. The second kappa shape index (κ2) is 6.76. The molecular weight excluding hydrogens is 364 g/mol. The molecule has 0 aliphatic heterocycles. The van der Waals surface area contributed by atoms with Crippen molar-refractivity contribution in [2.24, 2.45) is 5.73 Å². The van der Waals surface area contributed by atoms with E-state index in [1.54, 1.807) is 18.5 Å². The number of rotatable bonds is 4. The third kappa shape index (κ3) is 3.06. The number of H-pyrrole nitrogens is 1. The highest BCUT2D eigenvalue weighted by Gasteiger charge is 2.13. The summed E-state index contributed by atoms with van der Waals surface area (Å²) in [5.74, 6) is -0.474. The van der Waals surface area contributed by atoms with E-state index in [4.69, 9.17) is 10.2 Å². The zero-order valence-corrected chi connectivity index (χ0v) is 15.3. The van der Waals surface area contributed by atoms with Gasteiger partial charge in [-0.3, -0.25) is 4.79 Å². The van der Waals surface area contributed by atoms with Crippen molar-refractivity contribution >= 4 is 34.1 Å². The Hall–Kier alpha value is -4.19. The maximum atomic E-state index is 11.0. The minimum atomic E-state index is -0.474. The Balaban J connectivity index is 1.63. The van der Waals surface area contributed by atoms with Crippen LogP contribution in [0, 0.1) is 0 Å². The maximum Gasteiger partial charge on any atom is 0.241 e. The van der Waals surface area contributed by atoms with Crippen LogP contribution in [-0.4, -0.2) is 20.9 Å². The Morgan fingerprint density at radius 3 is 2.86 bits per heavy atom. The van der Waals surface area contributed by atoms with Crippen molar-refractivity contribution in [3.63, 3.8) is 0 Å². The number of aromatic amines is 1. The highest BCUT2D eigenvalue weighted by Crippen LogP contribution is 2.34. The third-order valence-electron chi connectivity index (χ3n) is 4.85. The molecule has 29 heavy (non-hydrogen) atoms. The quantitative estimate of drug-likeness (QED) is 0.447. The van der Waals surface area contributed by atoms with Gasteiger partial charge in [0, 0.05) is 46.6 Å². The molecule has 0 aliphatic rings. The summed E-state index contributed by atoms with van der Waals surface area (Å²) in [6, 6.07) is 13.9. The molecule has 6 heteroatoms. The summed E-state index contributed by atoms with van der Waals surface area (Å²) in [5.41, 5.74) is 11.5. The molecule has 140 valence electrons. The molecule has 0 atom stereocenters. The molecule has 6 nitrogen and oxygen atoms in total. The first-order valence-electron chi connectivity index (χ1n) is 9.07. The summed E-state index contributed by atoms with van der Waals surface area (Å²) in [7, 11) is 0. The lowest BCUT2D eigenvalue weighted by Gasteiger charge is -2.05. The second-order valence-corrected chi connectivity index (χ2v) is 6.68. The number of hydrogen-bond donors (Lipinski definition) is 2. The van der Waals surface area contributed by atoms with Crippen molar-refractivity contribution in [2.75, 3.05) is 0 Å². The van der Waals surface area contributed by atoms with E-state index in [9.17, 15) is 4.79 Å². The normalized spacial score (nSPS) is 11.6. The monoisotopic (exact) mass is 380 g/mol. The number of pyridine rings is 2. The molecule has 3 N–H and O–H groups in total. The van der Waals surface area contributed by atoms with E-state index in [2.05, 4.69) is 21.0 Å². The molecule has 0 saturated carbocycles. The van der Waals surface area contributed by atoms with Crippen molar-refractivity contribution in [1.29, 1.82) is 0 Å². The lowest BCUT2D eigenvalue weighted by molar-refractivity contribution is -0.113. The predicted octanol–water partition coefficient (Wildman–Crippen LogP) is 4.54. The van der Waals surface area contributed by atoms with Crippen molar-refractivity contribution in [3.05, 3.63) is 79.0 Å². The van der Waals surface area contributed by atoms with Gasteiger partial charge in [0.05, 0.1) is 6.26 Å². The molecule has 1 amide bonds. The average Bonchev–Trinajstić information content (AvgIpc) is 3.38. The molecule has 0 spiro atoms. The Labute approximate surface area is 165 Å². The van der Waals surface area contributed by atoms with E-state index in [0.29, 0.717) is 5.71 Å². The van der Waals surface area contributed by atoms with Crippen LogP contribution in [0.3, 0.4) is 0 Å². The van der Waals surface area contributed by atoms with E-state index in [1.165, 1.54) is 6.08 Å². The largest absolute Gasteiger partial charge is 0.446 e. The summed E-state index contributed by atoms with van der Waals surface area (Å²) < 4.78 is 5.44. The summed E-state index contributed by atoms with van der Waals surface area (Å²) in [6.45, 7) is 0. The molecule has 1 aromatic carbocycles. The first-order chi connectivity index (χ1) is 14.2. The Kier molecular flexibility index (Phi) is 3.95. The fourth-order valence-corrected chi connectivity index (χ4v) is 3.49. The summed E-state index contributed by atoms with van der Waals surface area (Å²) in [4.78, 5) is 23.1. The first kappa shape index (κ1) is 16.9. The second-order valence-electron chi connectivity index (χ2n) is 6.68. The van der Waals surface area contributed by atoms with Gasteiger partial charge in [-0.05, 0) is 47.0 Å². The van der Waals surface area contributed by atoms with Gasteiger partial charge in [0.1, 0.15) is 5.65 Å². The molecule has 5 rings (SSSR count). The number of benzene rings is 1. The van der Waals surface area contributed by atoms with Gasteiger partial charge in [-0.1, -0.05) is 18.2 Å². The molecule has 5 aromatic rings. The van der Waals surface area contributed by atoms with Gasteiger partial charge in [0.25, 0.3) is 0 Å². The Bertz CT molecular complexity index is 1390. The van der Waals surface area contributed by atoms with Gasteiger partial charge in [0.2, 0.25) is 11.6 Å². The molecule has 4 aromatic heterocycles. The van der Waals surface area contributed by atoms with Gasteiger partial charge < -0.3 is 15.1 Å². The molecule has 0 fully saturated rings. The molecule has 0 radical (unpaired) electrons. The number of nitrogens with two attached hydrogens (primary N) is 1. The maximum absolute atomic E-state index is 11.0. The molecule has 0 saturated heterocycles. The number of aromatic nitrogens is 3. The number of fused-ring (bicyclic) bond motifs is 2. The van der Waals surface area contributed by atoms with E-state index >= 15 is 0 Å². The Morgan fingerprint density at radius 2 is 1.97 bits per heavy atom. The lowest BCUT2D eigenvalue weighted by atomic mass is 10.00. The smallest absolute Gasteiger partial charge is 0.241 e. The van der Waals surface area contributed by atoms with Gasteiger partial charge in [-0.15, -0.1) is 0 Å². The first-order valence-corrected chi connectivity index (χ1v) is 9.07. The third-order valence-corrected chi connectivity index (χ3v) is 4.85. The van der Waals surface area contributed by atoms with Gasteiger partial charge >= 0.3 is 0 Å². The molecule has 0 bridgehead atoms. The van der Waals surface area contributed by atoms with Gasteiger partial charge in [0.15, 0.2) is 0 Å². The van der Waals surface area contributed by atoms with Crippen molar-refractivity contribution in [1.82, 2.24) is 15.0 Å². The van der Waals surface area contributed by atoms with Crippen LogP contribution in [0.1, 0.15) is 5.56 Å². The van der Waals surface area contributed by atoms with Crippen LogP contribution in [0.4, 0.5) is 0 Å². The van der Waals surface area contributed by atoms with Crippen LogP contribution < -0.4 is 5.73 Å². The van der Waals surface area contributed by atoms with Crippen LogP contribution in [0.5, 0.6) is 0 Å². The molecule has 0 aliphatic carbocycles. The average molecular weight is 380 g/mol. The fourth-order valence-electron chi connectivity index (χ4n) is 3.49. The summed E-state index contributed by atoms with van der Waals surface area (Å²) >= 11 is 0. The highest BCUT2D eigenvalue weighted by molar-refractivity contribution is 6.03. The van der Waals surface area contributed by atoms with E-state index in [-0.39, 0.29) is 0 Å². The van der Waals surface area contributed by atoms with E-state index in [1.807, 2.05) is 48.8 Å². The van der Waals surface area contributed by atoms with Crippen molar-refractivity contribution < 1.29 is 9.21 Å². The van der Waals surface area contributed by atoms with Crippen molar-refractivity contribution in [2.45, 2.75) is 0 Å². The highest BCUT2D eigenvalue weighted by atomic mass is 16.3. The van der Waals surface area contributed by atoms with E-state index < -0.39 is 5.91 Å². The fraction of sp³-hybridized carbons (Fsp3) is 0. The molecule has 4 heterocycles. The number of furan rings is 1. The molecule has 0 unspecified atom stereocenters. The SMILES string of the molecule is NC(=O)/C=C/c1cccc(-c2cnc3[nH]cc(-c4ccnc5occc45)c3c2)c1. The minimum Gasteiger partial charge on any atom is -0.446 e. The van der Waals surface area contributed by atoms with Crippen molar-refractivity contribution in [3.8, 4) is 22.3 Å². The van der Waals surface area contributed by atoms with Crippen LogP contribution in [-0.2, 0) is 4.79 Å². The topological polar surface area (TPSA) is 97.8 Å². The van der Waals surface area contributed by atoms with Gasteiger partial charge in [-0.2, -0.15) is 0 Å². The molecular formula is C23H16N4O2. The standard InChI is InChI=1S/C23H16N4O2/c24-21(28)5-4-14-2-1-3-15(10-14)16-11-19-20(13-27-22(19)26-12-16)17-6-8-25-23-18(17)7-9-29-23/h1-13H,(H2,24,28)(H,26,27)/b5-4+. The van der Waals surface area contributed by atoms with Gasteiger partial charge in [-0.25, -0.2) is 9.97 Å². The number of amides is 1. The van der Waals surface area contributed by atoms with Crippen LogP contribution in [0.25, 0.3) is 50.5 Å². The summed E-state index contributed by atoms with van der Waals surface area (Å²) in [6.07, 6.45) is 10.2. The Morgan fingerprint density at radius 1 is 1.03 bits per heavy atom. The minimum absolute atomic E-state index is 0.474. The zero-order chi connectivity index (χ0) is 19.8. The number of hydrogen-bond acceptors (Lipinski definition) is 4. The number of carbonyl (C=O) groups is 1. The summed E-state index contributed by atoms with van der Waals surface area (Å²) in [5, 5.41) is 1.96. The number of primary amides is 1. The number of nitrogens with one attached hydrogen (secondary N) is 1. The predicted molar refractivity (Wildman–Crippen MR) is 113 cm³/mol. The van der Waals surface area contributed by atoms with E-state index in [0.717, 1.165) is 44.2 Å². The van der Waals surface area contributed by atoms with Crippen LogP contribution >= 0.6 is 0 Å². The zero-order valence-electron chi connectivity index (χ0n) is 15.3. The van der Waals surface area contributed by atoms with Crippen LogP contribution in [0.15, 0.2) is 77.8 Å². The van der Waals surface area contributed by atoms with Crippen LogP contribution in [0.2, 0.25) is 0 Å².